The number of anilines is 1. The van der Waals surface area contributed by atoms with Crippen molar-refractivity contribution in [2.75, 3.05) is 11.9 Å². The molecule has 1 aromatic heterocycles. The van der Waals surface area contributed by atoms with Crippen molar-refractivity contribution in [2.45, 2.75) is 0 Å². The summed E-state index contributed by atoms with van der Waals surface area (Å²) in [7, 11) is 1.49. The Balaban J connectivity index is 1.90. The molecule has 0 bridgehead atoms. The van der Waals surface area contributed by atoms with Gasteiger partial charge in [0.05, 0.1) is 4.92 Å². The molecule has 0 fully saturated rings. The average Bonchev–Trinajstić information content (AvgIpc) is 3.11. The first kappa shape index (κ1) is 18.4. The van der Waals surface area contributed by atoms with E-state index < -0.39 is 10.8 Å². The number of aromatic nitrogens is 2. The van der Waals surface area contributed by atoms with E-state index >= 15 is 0 Å². The Hall–Kier alpha value is -2.36. The van der Waals surface area contributed by atoms with Gasteiger partial charge in [-0.25, -0.2) is 0 Å². The zero-order valence-corrected chi connectivity index (χ0v) is 16.4. The third-order valence-electron chi connectivity index (χ3n) is 3.48. The Morgan fingerprint density at radius 2 is 1.92 bits per heavy atom. The quantitative estimate of drug-likeness (QED) is 0.418. The van der Waals surface area contributed by atoms with E-state index in [-0.39, 0.29) is 16.3 Å². The van der Waals surface area contributed by atoms with Gasteiger partial charge in [0.2, 0.25) is 5.13 Å². The number of hydrogen-bond donors (Lipinski definition) is 0. The highest BCUT2D eigenvalue weighted by atomic mass is 79.9. The molecule has 3 rings (SSSR count). The first-order chi connectivity index (χ1) is 12.4. The molecule has 0 saturated heterocycles. The normalized spacial score (nSPS) is 10.6. The van der Waals surface area contributed by atoms with Crippen molar-refractivity contribution in [2.24, 2.45) is 0 Å². The number of nitro benzene ring substituents is 1. The molecule has 0 aliphatic carbocycles. The lowest BCUT2D eigenvalue weighted by Crippen LogP contribution is -2.26. The van der Waals surface area contributed by atoms with Crippen molar-refractivity contribution in [3.63, 3.8) is 0 Å². The number of halogens is 2. The van der Waals surface area contributed by atoms with Gasteiger partial charge in [-0.05, 0) is 24.3 Å². The second-order valence-electron chi connectivity index (χ2n) is 5.18. The molecule has 132 valence electrons. The SMILES string of the molecule is CN(C(=O)c1ccc(Cl)cc1[N+](=O)[O-])c1nnc(-c2ccc(Br)cc2)s1. The lowest BCUT2D eigenvalue weighted by atomic mass is 10.1. The molecule has 0 unspecified atom stereocenters. The minimum atomic E-state index is -0.639. The predicted molar refractivity (Wildman–Crippen MR) is 104 cm³/mol. The molecule has 0 aliphatic heterocycles. The molecule has 3 aromatic rings. The molecule has 7 nitrogen and oxygen atoms in total. The van der Waals surface area contributed by atoms with Gasteiger partial charge in [-0.15, -0.1) is 10.2 Å². The molecule has 1 heterocycles. The summed E-state index contributed by atoms with van der Waals surface area (Å²) in [5.41, 5.74) is 0.435. The fourth-order valence-electron chi connectivity index (χ4n) is 2.16. The van der Waals surface area contributed by atoms with Gasteiger partial charge in [-0.3, -0.25) is 19.8 Å². The van der Waals surface area contributed by atoms with Gasteiger partial charge in [0.25, 0.3) is 11.6 Å². The van der Waals surface area contributed by atoms with E-state index in [4.69, 9.17) is 11.6 Å². The number of amides is 1. The van der Waals surface area contributed by atoms with E-state index in [1.807, 2.05) is 24.3 Å². The maximum absolute atomic E-state index is 12.7. The lowest BCUT2D eigenvalue weighted by molar-refractivity contribution is -0.385. The van der Waals surface area contributed by atoms with Crippen molar-refractivity contribution in [3.8, 4) is 10.6 Å². The van der Waals surface area contributed by atoms with Gasteiger partial charge in [0, 0.05) is 28.2 Å². The van der Waals surface area contributed by atoms with Crippen molar-refractivity contribution in [3.05, 3.63) is 67.6 Å². The van der Waals surface area contributed by atoms with Gasteiger partial charge in [-0.1, -0.05) is 51.0 Å². The zero-order valence-electron chi connectivity index (χ0n) is 13.2. The van der Waals surface area contributed by atoms with Gasteiger partial charge in [0.1, 0.15) is 10.6 Å². The van der Waals surface area contributed by atoms with E-state index in [9.17, 15) is 14.9 Å². The third-order valence-corrected chi connectivity index (χ3v) is 5.30. The average molecular weight is 454 g/mol. The molecule has 0 spiro atoms. The number of carbonyl (C=O) groups is 1. The second-order valence-corrected chi connectivity index (χ2v) is 7.49. The van der Waals surface area contributed by atoms with Crippen LogP contribution in [0.4, 0.5) is 10.8 Å². The summed E-state index contributed by atoms with van der Waals surface area (Å²) in [5, 5.41) is 20.5. The Labute approximate surface area is 165 Å². The first-order valence-corrected chi connectivity index (χ1v) is 9.17. The number of nitro groups is 1. The summed E-state index contributed by atoms with van der Waals surface area (Å²) in [6.07, 6.45) is 0. The molecule has 0 saturated carbocycles. The lowest BCUT2D eigenvalue weighted by Gasteiger charge is -2.13. The van der Waals surface area contributed by atoms with Crippen LogP contribution in [0.15, 0.2) is 46.9 Å². The highest BCUT2D eigenvalue weighted by Gasteiger charge is 2.26. The number of benzene rings is 2. The predicted octanol–water partition coefficient (Wildman–Crippen LogP) is 4.81. The van der Waals surface area contributed by atoms with Crippen LogP contribution in [0.25, 0.3) is 10.6 Å². The van der Waals surface area contributed by atoms with Gasteiger partial charge >= 0.3 is 0 Å². The smallest absolute Gasteiger partial charge is 0.283 e. The number of carbonyl (C=O) groups excluding carboxylic acids is 1. The van der Waals surface area contributed by atoms with E-state index in [1.54, 1.807) is 0 Å². The summed E-state index contributed by atoms with van der Waals surface area (Å²) >= 11 is 10.4. The topological polar surface area (TPSA) is 89.2 Å². The molecule has 1 amide bonds. The van der Waals surface area contributed by atoms with Crippen LogP contribution in [0.5, 0.6) is 0 Å². The zero-order chi connectivity index (χ0) is 18.8. The van der Waals surface area contributed by atoms with Crippen LogP contribution in [0, 0.1) is 10.1 Å². The van der Waals surface area contributed by atoms with Crippen LogP contribution in [0.3, 0.4) is 0 Å². The molecular weight excluding hydrogens is 444 g/mol. The van der Waals surface area contributed by atoms with Crippen LogP contribution in [0.1, 0.15) is 10.4 Å². The molecule has 2 aromatic carbocycles. The standard InChI is InChI=1S/C16H10BrClN4O3S/c1-21(15(23)12-7-6-11(18)8-13(12)22(24)25)16-20-19-14(26-16)9-2-4-10(17)5-3-9/h2-8H,1H3. The Morgan fingerprint density at radius 3 is 2.58 bits per heavy atom. The van der Waals surface area contributed by atoms with Gasteiger partial charge in [-0.2, -0.15) is 0 Å². The maximum Gasteiger partial charge on any atom is 0.283 e. The number of hydrogen-bond acceptors (Lipinski definition) is 6. The van der Waals surface area contributed by atoms with Crippen LogP contribution in [0.2, 0.25) is 5.02 Å². The molecule has 0 radical (unpaired) electrons. The molecule has 0 atom stereocenters. The van der Waals surface area contributed by atoms with Crippen LogP contribution >= 0.6 is 38.9 Å². The molecule has 0 N–H and O–H groups in total. The molecular formula is C16H10BrClN4O3S. The minimum Gasteiger partial charge on any atom is -0.285 e. The second kappa shape index (κ2) is 7.48. The summed E-state index contributed by atoms with van der Waals surface area (Å²) in [4.78, 5) is 24.5. The van der Waals surface area contributed by atoms with Crippen LogP contribution in [-0.2, 0) is 0 Å². The minimum absolute atomic E-state index is 0.0673. The maximum atomic E-state index is 12.7. The third kappa shape index (κ3) is 3.74. The highest BCUT2D eigenvalue weighted by Crippen LogP contribution is 2.31. The summed E-state index contributed by atoms with van der Waals surface area (Å²) in [6.45, 7) is 0. The van der Waals surface area contributed by atoms with E-state index in [2.05, 4.69) is 26.1 Å². The Morgan fingerprint density at radius 1 is 1.23 bits per heavy atom. The van der Waals surface area contributed by atoms with E-state index in [0.29, 0.717) is 10.1 Å². The van der Waals surface area contributed by atoms with Gasteiger partial charge < -0.3 is 0 Å². The van der Waals surface area contributed by atoms with E-state index in [1.165, 1.54) is 35.4 Å². The van der Waals surface area contributed by atoms with Crippen molar-refractivity contribution in [1.82, 2.24) is 10.2 Å². The van der Waals surface area contributed by atoms with Crippen molar-refractivity contribution < 1.29 is 9.72 Å². The molecule has 26 heavy (non-hydrogen) atoms. The summed E-state index contributed by atoms with van der Waals surface area (Å²) in [5.74, 6) is -0.563. The monoisotopic (exact) mass is 452 g/mol. The molecule has 10 heteroatoms. The molecule has 0 aliphatic rings. The fourth-order valence-corrected chi connectivity index (χ4v) is 3.41. The summed E-state index contributed by atoms with van der Waals surface area (Å²) < 4.78 is 0.938. The van der Waals surface area contributed by atoms with Crippen LogP contribution < -0.4 is 4.90 Å². The van der Waals surface area contributed by atoms with E-state index in [0.717, 1.165) is 16.1 Å². The number of rotatable bonds is 4. The summed E-state index contributed by atoms with van der Waals surface area (Å²) in [6, 6.07) is 11.4. The van der Waals surface area contributed by atoms with Crippen molar-refractivity contribution in [1.29, 1.82) is 0 Å². The van der Waals surface area contributed by atoms with Crippen molar-refractivity contribution >= 4 is 55.6 Å². The Bertz CT molecular complexity index is 993. The van der Waals surface area contributed by atoms with Gasteiger partial charge in [0.15, 0.2) is 0 Å². The number of nitrogens with zero attached hydrogens (tertiary/aromatic N) is 4. The highest BCUT2D eigenvalue weighted by molar-refractivity contribution is 9.10. The fraction of sp³-hybridized carbons (Fsp3) is 0.0625. The van der Waals surface area contributed by atoms with Crippen LogP contribution in [-0.4, -0.2) is 28.1 Å². The largest absolute Gasteiger partial charge is 0.285 e. The first-order valence-electron chi connectivity index (χ1n) is 7.18. The Kier molecular flexibility index (Phi) is 5.30.